The number of ether oxygens (including phenoxy) is 1. The molecule has 1 aliphatic heterocycles. The van der Waals surface area contributed by atoms with Gasteiger partial charge in [0.25, 0.3) is 5.91 Å². The fourth-order valence-electron chi connectivity index (χ4n) is 4.98. The van der Waals surface area contributed by atoms with Gasteiger partial charge in [-0.05, 0) is 52.4 Å². The van der Waals surface area contributed by atoms with Crippen LogP contribution in [0.4, 0.5) is 0 Å². The lowest BCUT2D eigenvalue weighted by Gasteiger charge is -2.34. The molecule has 3 aromatic carbocycles. The maximum atomic E-state index is 13.3. The Morgan fingerprint density at radius 2 is 1.74 bits per heavy atom. The third-order valence-corrected chi connectivity index (χ3v) is 6.71. The van der Waals surface area contributed by atoms with Gasteiger partial charge < -0.3 is 19.8 Å². The van der Waals surface area contributed by atoms with E-state index in [4.69, 9.17) is 4.74 Å². The highest BCUT2D eigenvalue weighted by Crippen LogP contribution is 2.42. The van der Waals surface area contributed by atoms with Crippen molar-refractivity contribution in [2.24, 2.45) is 11.8 Å². The molecule has 158 valence electrons. The molecule has 0 bridgehead atoms. The van der Waals surface area contributed by atoms with Crippen LogP contribution in [0, 0.1) is 11.8 Å². The number of benzene rings is 3. The molecule has 6 heteroatoms. The smallest absolute Gasteiger partial charge is 0.339 e. The van der Waals surface area contributed by atoms with E-state index in [2.05, 4.69) is 0 Å². The molecule has 2 fully saturated rings. The molecule has 31 heavy (non-hydrogen) atoms. The third kappa shape index (κ3) is 3.15. The number of carboxylic acid groups (broad SMARTS) is 1. The Hall–Kier alpha value is -3.38. The summed E-state index contributed by atoms with van der Waals surface area (Å²) in [7, 11) is 1.45. The average Bonchev–Trinajstić information content (AvgIpc) is 3.14. The number of aromatic carboxylic acids is 1. The summed E-state index contributed by atoms with van der Waals surface area (Å²) in [4.78, 5) is 26.6. The summed E-state index contributed by atoms with van der Waals surface area (Å²) in [5, 5.41) is 21.1. The Labute approximate surface area is 179 Å². The third-order valence-electron chi connectivity index (χ3n) is 6.71. The van der Waals surface area contributed by atoms with Gasteiger partial charge in [0.1, 0.15) is 11.3 Å². The maximum absolute atomic E-state index is 13.3. The zero-order chi connectivity index (χ0) is 21.7. The molecule has 3 aromatic rings. The number of amides is 1. The topological polar surface area (TPSA) is 87.1 Å². The molecule has 3 atom stereocenters. The van der Waals surface area contributed by atoms with Crippen molar-refractivity contribution in [1.29, 1.82) is 0 Å². The number of aliphatic hydroxyl groups excluding tert-OH is 1. The number of hydrogen-bond donors (Lipinski definition) is 2. The second kappa shape index (κ2) is 7.39. The zero-order valence-electron chi connectivity index (χ0n) is 17.1. The molecule has 0 radical (unpaired) electrons. The molecule has 2 aliphatic rings. The van der Waals surface area contributed by atoms with Crippen LogP contribution in [0.5, 0.6) is 5.75 Å². The van der Waals surface area contributed by atoms with E-state index in [1.165, 1.54) is 13.2 Å². The Balaban J connectivity index is 1.56. The van der Waals surface area contributed by atoms with Crippen LogP contribution in [-0.2, 0) is 0 Å². The first kappa shape index (κ1) is 19.6. The lowest BCUT2D eigenvalue weighted by atomic mass is 9.74. The van der Waals surface area contributed by atoms with Gasteiger partial charge in [0.2, 0.25) is 0 Å². The molecule has 1 amide bonds. The van der Waals surface area contributed by atoms with E-state index in [1.54, 1.807) is 12.1 Å². The van der Waals surface area contributed by atoms with Gasteiger partial charge in [-0.25, -0.2) is 4.79 Å². The monoisotopic (exact) mass is 417 g/mol. The van der Waals surface area contributed by atoms with Crippen molar-refractivity contribution in [1.82, 2.24) is 4.90 Å². The second-order valence-corrected chi connectivity index (χ2v) is 8.36. The quantitative estimate of drug-likeness (QED) is 0.676. The fraction of sp³-hybridized carbons (Fsp3) is 0.280. The largest absolute Gasteiger partial charge is 0.496 e. The number of methoxy groups -OCH3 is 1. The SMILES string of the molecule is COc1cc(-c2ccc(C(=O)N3C[C@@H]4C[C@@H](O)[C@@H]4C3)c3ccccc23)ccc1C(=O)O. The highest BCUT2D eigenvalue weighted by molar-refractivity contribution is 6.11. The summed E-state index contributed by atoms with van der Waals surface area (Å²) < 4.78 is 5.28. The Bertz CT molecular complexity index is 1200. The number of likely N-dealkylation sites (tertiary alicyclic amines) is 1. The molecule has 1 heterocycles. The molecule has 1 saturated heterocycles. The van der Waals surface area contributed by atoms with Crippen molar-refractivity contribution in [3.05, 3.63) is 65.7 Å². The summed E-state index contributed by atoms with van der Waals surface area (Å²) in [6, 6.07) is 16.5. The lowest BCUT2D eigenvalue weighted by Crippen LogP contribution is -2.39. The van der Waals surface area contributed by atoms with Gasteiger partial charge in [-0.2, -0.15) is 0 Å². The minimum Gasteiger partial charge on any atom is -0.496 e. The van der Waals surface area contributed by atoms with Crippen LogP contribution in [0.1, 0.15) is 27.1 Å². The molecule has 0 unspecified atom stereocenters. The Kier molecular flexibility index (Phi) is 4.67. The van der Waals surface area contributed by atoms with Gasteiger partial charge in [-0.1, -0.05) is 36.4 Å². The van der Waals surface area contributed by atoms with Crippen molar-refractivity contribution < 1.29 is 24.5 Å². The van der Waals surface area contributed by atoms with E-state index in [9.17, 15) is 19.8 Å². The normalized spacial score (nSPS) is 22.1. The van der Waals surface area contributed by atoms with Crippen molar-refractivity contribution in [3.63, 3.8) is 0 Å². The minimum atomic E-state index is -1.04. The van der Waals surface area contributed by atoms with Gasteiger partial charge >= 0.3 is 5.97 Å². The number of hydrogen-bond acceptors (Lipinski definition) is 4. The summed E-state index contributed by atoms with van der Waals surface area (Å²) in [6.45, 7) is 1.30. The van der Waals surface area contributed by atoms with Crippen molar-refractivity contribution in [3.8, 4) is 16.9 Å². The highest BCUT2D eigenvalue weighted by Gasteiger charge is 2.47. The van der Waals surface area contributed by atoms with Gasteiger partial charge in [0.05, 0.1) is 13.2 Å². The van der Waals surface area contributed by atoms with E-state index in [0.717, 1.165) is 28.3 Å². The molecule has 1 aliphatic carbocycles. The molecule has 0 spiro atoms. The number of rotatable bonds is 4. The number of carbonyl (C=O) groups is 2. The first-order valence-electron chi connectivity index (χ1n) is 10.4. The van der Waals surface area contributed by atoms with Crippen LogP contribution in [0.3, 0.4) is 0 Å². The molecule has 1 saturated carbocycles. The first-order valence-corrected chi connectivity index (χ1v) is 10.4. The first-order chi connectivity index (χ1) is 15.0. The number of carboxylic acids is 1. The maximum Gasteiger partial charge on any atom is 0.339 e. The van der Waals surface area contributed by atoms with E-state index in [0.29, 0.717) is 30.3 Å². The van der Waals surface area contributed by atoms with E-state index in [-0.39, 0.29) is 23.5 Å². The Morgan fingerprint density at radius 3 is 2.42 bits per heavy atom. The van der Waals surface area contributed by atoms with Crippen molar-refractivity contribution in [2.75, 3.05) is 20.2 Å². The van der Waals surface area contributed by atoms with Gasteiger partial charge in [0, 0.05) is 24.6 Å². The summed E-state index contributed by atoms with van der Waals surface area (Å²) in [6.07, 6.45) is 0.494. The molecule has 6 nitrogen and oxygen atoms in total. The summed E-state index contributed by atoms with van der Waals surface area (Å²) in [5.41, 5.74) is 2.47. The number of carbonyl (C=O) groups excluding carboxylic acids is 1. The molecular formula is C25H23NO5. The van der Waals surface area contributed by atoms with Crippen LogP contribution in [0.2, 0.25) is 0 Å². The van der Waals surface area contributed by atoms with Crippen LogP contribution < -0.4 is 4.74 Å². The Morgan fingerprint density at radius 1 is 1.00 bits per heavy atom. The van der Waals surface area contributed by atoms with E-state index >= 15 is 0 Å². The molecular weight excluding hydrogens is 394 g/mol. The van der Waals surface area contributed by atoms with Crippen LogP contribution >= 0.6 is 0 Å². The number of fused-ring (bicyclic) bond motifs is 2. The number of nitrogens with zero attached hydrogens (tertiary/aromatic N) is 1. The zero-order valence-corrected chi connectivity index (χ0v) is 17.1. The van der Waals surface area contributed by atoms with Crippen LogP contribution in [0.15, 0.2) is 54.6 Å². The summed E-state index contributed by atoms with van der Waals surface area (Å²) in [5.74, 6) is -0.151. The van der Waals surface area contributed by atoms with E-state index in [1.807, 2.05) is 41.3 Å². The minimum absolute atomic E-state index is 0.0110. The van der Waals surface area contributed by atoms with Crippen LogP contribution in [0.25, 0.3) is 21.9 Å². The van der Waals surface area contributed by atoms with Gasteiger partial charge in [0.15, 0.2) is 0 Å². The summed E-state index contributed by atoms with van der Waals surface area (Å²) >= 11 is 0. The molecule has 2 N–H and O–H groups in total. The average molecular weight is 417 g/mol. The molecule has 5 rings (SSSR count). The standard InChI is InChI=1S/C25H23NO5/c1-31-23-11-14(6-7-20(23)25(29)30)16-8-9-19(18-5-3-2-4-17(16)18)24(28)26-12-15-10-22(27)21(15)13-26/h2-9,11,15,21-22,27H,10,12-13H2,1H3,(H,29,30)/t15-,21+,22+/m0/s1. The van der Waals surface area contributed by atoms with Crippen LogP contribution in [-0.4, -0.2) is 53.3 Å². The predicted octanol–water partition coefficient (Wildman–Crippen LogP) is 3.67. The lowest BCUT2D eigenvalue weighted by molar-refractivity contribution is -0.00427. The van der Waals surface area contributed by atoms with Crippen molar-refractivity contribution >= 4 is 22.6 Å². The second-order valence-electron chi connectivity index (χ2n) is 8.36. The van der Waals surface area contributed by atoms with Crippen molar-refractivity contribution in [2.45, 2.75) is 12.5 Å². The predicted molar refractivity (Wildman–Crippen MR) is 116 cm³/mol. The van der Waals surface area contributed by atoms with Gasteiger partial charge in [-0.3, -0.25) is 4.79 Å². The van der Waals surface area contributed by atoms with Gasteiger partial charge in [-0.15, -0.1) is 0 Å². The number of aliphatic hydroxyl groups is 1. The molecule has 0 aromatic heterocycles. The highest BCUT2D eigenvalue weighted by atomic mass is 16.5. The van der Waals surface area contributed by atoms with E-state index < -0.39 is 5.97 Å². The fourth-order valence-corrected chi connectivity index (χ4v) is 4.98.